The number of para-hydroxylation sites is 1. The highest BCUT2D eigenvalue weighted by Gasteiger charge is 2.30. The Hall–Kier alpha value is -1.55. The van der Waals surface area contributed by atoms with Gasteiger partial charge >= 0.3 is 5.97 Å². The molecule has 1 fully saturated rings. The maximum atomic E-state index is 11.7. The molecule has 4 heteroatoms. The molecule has 0 aromatic heterocycles. The Morgan fingerprint density at radius 1 is 1.32 bits per heavy atom. The number of likely N-dealkylation sites (tertiary alicyclic amines) is 1. The van der Waals surface area contributed by atoms with Crippen LogP contribution in [0.1, 0.15) is 37.8 Å². The number of nitrogens with zero attached hydrogens (tertiary/aromatic N) is 1. The van der Waals surface area contributed by atoms with Crippen LogP contribution in [-0.4, -0.2) is 35.7 Å². The van der Waals surface area contributed by atoms with Crippen LogP contribution >= 0.6 is 0 Å². The van der Waals surface area contributed by atoms with Gasteiger partial charge in [0, 0.05) is 5.56 Å². The van der Waals surface area contributed by atoms with E-state index in [4.69, 9.17) is 4.74 Å². The lowest BCUT2D eigenvalue weighted by atomic mass is 10.0. The third kappa shape index (κ3) is 3.26. The number of hydrogen-bond donors (Lipinski definition) is 1. The van der Waals surface area contributed by atoms with Gasteiger partial charge in [-0.3, -0.25) is 9.69 Å². The van der Waals surface area contributed by atoms with Crippen molar-refractivity contribution in [3.63, 3.8) is 0 Å². The van der Waals surface area contributed by atoms with E-state index >= 15 is 0 Å². The Morgan fingerprint density at radius 3 is 2.63 bits per heavy atom. The molecule has 0 radical (unpaired) electrons. The van der Waals surface area contributed by atoms with Crippen molar-refractivity contribution in [3.8, 4) is 5.75 Å². The first-order valence-corrected chi connectivity index (χ1v) is 6.92. The molecule has 104 valence electrons. The van der Waals surface area contributed by atoms with E-state index in [2.05, 4.69) is 0 Å². The fraction of sp³-hybridized carbons (Fsp3) is 0.533. The number of carboxylic acid groups (broad SMARTS) is 1. The van der Waals surface area contributed by atoms with Crippen LogP contribution < -0.4 is 4.74 Å². The highest BCUT2D eigenvalue weighted by atomic mass is 16.5. The first-order chi connectivity index (χ1) is 9.24. The molecule has 0 bridgehead atoms. The molecule has 1 N–H and O–H groups in total. The molecule has 1 aromatic rings. The van der Waals surface area contributed by atoms with Crippen molar-refractivity contribution < 1.29 is 14.6 Å². The summed E-state index contributed by atoms with van der Waals surface area (Å²) in [5, 5.41) is 9.57. The molecule has 0 amide bonds. The molecular formula is C15H21NO3. The predicted molar refractivity (Wildman–Crippen MR) is 73.4 cm³/mol. The Labute approximate surface area is 114 Å². The second-order valence-corrected chi connectivity index (χ2v) is 4.81. The summed E-state index contributed by atoms with van der Waals surface area (Å²) in [7, 11) is 0. The van der Waals surface area contributed by atoms with Crippen LogP contribution in [-0.2, 0) is 4.79 Å². The van der Waals surface area contributed by atoms with Crippen LogP contribution in [0.5, 0.6) is 5.75 Å². The van der Waals surface area contributed by atoms with Crippen molar-refractivity contribution in [3.05, 3.63) is 29.8 Å². The van der Waals surface area contributed by atoms with E-state index < -0.39 is 12.0 Å². The molecule has 1 saturated heterocycles. The van der Waals surface area contributed by atoms with Gasteiger partial charge in [0.25, 0.3) is 0 Å². The van der Waals surface area contributed by atoms with E-state index in [1.165, 1.54) is 6.42 Å². The minimum atomic E-state index is -0.797. The summed E-state index contributed by atoms with van der Waals surface area (Å²) < 4.78 is 5.57. The zero-order chi connectivity index (χ0) is 13.7. The van der Waals surface area contributed by atoms with Crippen LogP contribution in [0.15, 0.2) is 24.3 Å². The van der Waals surface area contributed by atoms with Gasteiger partial charge in [0.1, 0.15) is 11.8 Å². The monoisotopic (exact) mass is 263 g/mol. The van der Waals surface area contributed by atoms with Gasteiger partial charge < -0.3 is 9.84 Å². The second kappa shape index (κ2) is 6.57. The topological polar surface area (TPSA) is 49.8 Å². The standard InChI is InChI=1S/C15H21NO3/c1-2-19-13-9-5-4-8-12(13)14(15(17)18)16-10-6-3-7-11-16/h4-5,8-9,14H,2-3,6-7,10-11H2,1H3,(H,17,18). The van der Waals surface area contributed by atoms with Gasteiger partial charge in [0.05, 0.1) is 6.61 Å². The van der Waals surface area contributed by atoms with Gasteiger partial charge in [-0.1, -0.05) is 24.6 Å². The van der Waals surface area contributed by atoms with Crippen molar-refractivity contribution >= 4 is 5.97 Å². The van der Waals surface area contributed by atoms with Gasteiger partial charge in [-0.25, -0.2) is 0 Å². The van der Waals surface area contributed by atoms with Crippen LogP contribution in [0.25, 0.3) is 0 Å². The SMILES string of the molecule is CCOc1ccccc1C(C(=O)O)N1CCCCC1. The lowest BCUT2D eigenvalue weighted by molar-refractivity contribution is -0.144. The molecule has 1 aliphatic rings. The fourth-order valence-corrected chi connectivity index (χ4v) is 2.66. The van der Waals surface area contributed by atoms with Crippen LogP contribution in [0, 0.1) is 0 Å². The quantitative estimate of drug-likeness (QED) is 0.887. The van der Waals surface area contributed by atoms with Gasteiger partial charge in [-0.15, -0.1) is 0 Å². The van der Waals surface area contributed by atoms with Crippen molar-refractivity contribution in [1.82, 2.24) is 4.90 Å². The van der Waals surface area contributed by atoms with E-state index in [-0.39, 0.29) is 0 Å². The molecule has 1 aromatic carbocycles. The van der Waals surface area contributed by atoms with Gasteiger partial charge in [-0.2, -0.15) is 0 Å². The van der Waals surface area contributed by atoms with E-state index in [0.717, 1.165) is 31.5 Å². The van der Waals surface area contributed by atoms with Crippen molar-refractivity contribution in [2.75, 3.05) is 19.7 Å². The molecule has 0 saturated carbocycles. The van der Waals surface area contributed by atoms with Crippen molar-refractivity contribution in [2.24, 2.45) is 0 Å². The molecule has 2 rings (SSSR count). The van der Waals surface area contributed by atoms with Gasteiger partial charge in [-0.05, 0) is 38.9 Å². The summed E-state index contributed by atoms with van der Waals surface area (Å²) in [6, 6.07) is 6.86. The average Bonchev–Trinajstić information content (AvgIpc) is 2.42. The Balaban J connectivity index is 2.30. The van der Waals surface area contributed by atoms with E-state index in [1.807, 2.05) is 36.1 Å². The molecule has 0 spiro atoms. The van der Waals surface area contributed by atoms with E-state index in [0.29, 0.717) is 12.4 Å². The van der Waals surface area contributed by atoms with Crippen molar-refractivity contribution in [2.45, 2.75) is 32.2 Å². The van der Waals surface area contributed by atoms with E-state index in [9.17, 15) is 9.90 Å². The summed E-state index contributed by atoms with van der Waals surface area (Å²) in [5.41, 5.74) is 0.763. The first kappa shape index (κ1) is 13.9. The smallest absolute Gasteiger partial charge is 0.325 e. The number of rotatable bonds is 5. The summed E-state index contributed by atoms with van der Waals surface area (Å²) in [6.07, 6.45) is 3.33. The highest BCUT2D eigenvalue weighted by Crippen LogP contribution is 2.31. The lowest BCUT2D eigenvalue weighted by Gasteiger charge is -2.32. The molecule has 1 heterocycles. The molecule has 0 aliphatic carbocycles. The number of benzene rings is 1. The number of piperidine rings is 1. The van der Waals surface area contributed by atoms with Crippen LogP contribution in [0.4, 0.5) is 0 Å². The summed E-state index contributed by atoms with van der Waals surface area (Å²) in [4.78, 5) is 13.7. The second-order valence-electron chi connectivity index (χ2n) is 4.81. The molecule has 1 atom stereocenters. The van der Waals surface area contributed by atoms with Crippen molar-refractivity contribution in [1.29, 1.82) is 0 Å². The third-order valence-corrected chi connectivity index (χ3v) is 3.50. The minimum Gasteiger partial charge on any atom is -0.494 e. The number of hydrogen-bond acceptors (Lipinski definition) is 3. The zero-order valence-corrected chi connectivity index (χ0v) is 11.3. The lowest BCUT2D eigenvalue weighted by Crippen LogP contribution is -2.38. The first-order valence-electron chi connectivity index (χ1n) is 6.92. The molecule has 19 heavy (non-hydrogen) atoms. The Bertz CT molecular complexity index is 427. The van der Waals surface area contributed by atoms with Gasteiger partial charge in [0.2, 0.25) is 0 Å². The molecule has 1 unspecified atom stereocenters. The summed E-state index contributed by atoms with van der Waals surface area (Å²) in [5.74, 6) is -0.114. The minimum absolute atomic E-state index is 0.545. The number of carbonyl (C=O) groups is 1. The van der Waals surface area contributed by atoms with Gasteiger partial charge in [0.15, 0.2) is 0 Å². The number of aliphatic carboxylic acids is 1. The molecular weight excluding hydrogens is 242 g/mol. The van der Waals surface area contributed by atoms with E-state index in [1.54, 1.807) is 0 Å². The number of carboxylic acids is 1. The third-order valence-electron chi connectivity index (χ3n) is 3.50. The maximum absolute atomic E-state index is 11.7. The largest absolute Gasteiger partial charge is 0.494 e. The zero-order valence-electron chi connectivity index (χ0n) is 11.3. The molecule has 4 nitrogen and oxygen atoms in total. The van der Waals surface area contributed by atoms with Crippen LogP contribution in [0.2, 0.25) is 0 Å². The highest BCUT2D eigenvalue weighted by molar-refractivity contribution is 5.76. The van der Waals surface area contributed by atoms with Crippen LogP contribution in [0.3, 0.4) is 0 Å². The predicted octanol–water partition coefficient (Wildman–Crippen LogP) is 2.70. The summed E-state index contributed by atoms with van der Waals surface area (Å²) in [6.45, 7) is 4.14. The average molecular weight is 263 g/mol. The molecule has 1 aliphatic heterocycles. The Morgan fingerprint density at radius 2 is 2.00 bits per heavy atom. The Kier molecular flexibility index (Phi) is 4.80. The number of ether oxygens (including phenoxy) is 1. The normalized spacial score (nSPS) is 17.9. The summed E-state index contributed by atoms with van der Waals surface area (Å²) >= 11 is 0. The fourth-order valence-electron chi connectivity index (χ4n) is 2.66. The maximum Gasteiger partial charge on any atom is 0.325 e.